The van der Waals surface area contributed by atoms with Crippen LogP contribution in [0.2, 0.25) is 5.15 Å². The summed E-state index contributed by atoms with van der Waals surface area (Å²) in [6.07, 6.45) is 0. The third-order valence-corrected chi connectivity index (χ3v) is 4.20. The molecule has 0 aliphatic heterocycles. The molecule has 2 rings (SSSR count). The van der Waals surface area contributed by atoms with Crippen molar-refractivity contribution < 1.29 is 9.53 Å². The van der Waals surface area contributed by atoms with Gasteiger partial charge in [0.05, 0.1) is 6.61 Å². The Balaban J connectivity index is 2.27. The topological polar surface area (TPSA) is 68.2 Å². The number of thiazole rings is 1. The molecule has 0 bridgehead atoms. The summed E-state index contributed by atoms with van der Waals surface area (Å²) in [5.74, 6) is 0.433. The van der Waals surface area contributed by atoms with Gasteiger partial charge >= 0.3 is 5.97 Å². The highest BCUT2D eigenvalue weighted by Gasteiger charge is 2.17. The molecule has 8 heteroatoms. The van der Waals surface area contributed by atoms with Crippen LogP contribution in [-0.4, -0.2) is 34.8 Å². The first-order valence-electron chi connectivity index (χ1n) is 6.83. The Labute approximate surface area is 138 Å². The minimum Gasteiger partial charge on any atom is -0.461 e. The molecule has 0 fully saturated rings. The fourth-order valence-corrected chi connectivity index (χ4v) is 2.84. The lowest BCUT2D eigenvalue weighted by atomic mass is 10.1. The highest BCUT2D eigenvalue weighted by molar-refractivity contribution is 7.14. The number of hydrogen-bond acceptors (Lipinski definition) is 7. The molecule has 0 unspecified atom stereocenters. The van der Waals surface area contributed by atoms with Crippen molar-refractivity contribution in [3.8, 4) is 0 Å². The Bertz CT molecular complexity index is 675. The van der Waals surface area contributed by atoms with Crippen LogP contribution in [0.1, 0.15) is 42.7 Å². The van der Waals surface area contributed by atoms with Gasteiger partial charge in [0.2, 0.25) is 0 Å². The van der Waals surface area contributed by atoms with Crippen LogP contribution in [0.25, 0.3) is 0 Å². The molecule has 0 saturated carbocycles. The summed E-state index contributed by atoms with van der Waals surface area (Å²) in [6.45, 7) is 6.15. The summed E-state index contributed by atoms with van der Waals surface area (Å²) in [7, 11) is 1.82. The SMILES string of the molecule is CCOC(=O)c1csc(N(C)c2cc(C(C)C)c(Cl)nn2)n1. The number of carbonyl (C=O) groups is 1. The maximum Gasteiger partial charge on any atom is 0.357 e. The Morgan fingerprint density at radius 2 is 2.18 bits per heavy atom. The van der Waals surface area contributed by atoms with Gasteiger partial charge < -0.3 is 9.64 Å². The van der Waals surface area contributed by atoms with Gasteiger partial charge in [0.25, 0.3) is 0 Å². The second-order valence-corrected chi connectivity index (χ2v) is 6.09. The predicted octanol–water partition coefficient (Wildman–Crippen LogP) is 3.65. The van der Waals surface area contributed by atoms with Crippen LogP contribution in [0.4, 0.5) is 10.9 Å². The molecule has 0 N–H and O–H groups in total. The summed E-state index contributed by atoms with van der Waals surface area (Å²) >= 11 is 7.39. The van der Waals surface area contributed by atoms with Gasteiger partial charge in [-0.1, -0.05) is 25.4 Å². The second kappa shape index (κ2) is 7.02. The van der Waals surface area contributed by atoms with Gasteiger partial charge in [-0.15, -0.1) is 21.5 Å². The number of anilines is 2. The molecule has 6 nitrogen and oxygen atoms in total. The molecule has 118 valence electrons. The Morgan fingerprint density at radius 3 is 2.82 bits per heavy atom. The third-order valence-electron chi connectivity index (χ3n) is 2.99. The first kappa shape index (κ1) is 16.6. The summed E-state index contributed by atoms with van der Waals surface area (Å²) in [4.78, 5) is 17.7. The zero-order valence-electron chi connectivity index (χ0n) is 12.8. The minimum atomic E-state index is -0.427. The van der Waals surface area contributed by atoms with Gasteiger partial charge in [-0.05, 0) is 24.5 Å². The van der Waals surface area contributed by atoms with Crippen molar-refractivity contribution in [1.29, 1.82) is 0 Å². The van der Waals surface area contributed by atoms with Gasteiger partial charge in [0, 0.05) is 12.4 Å². The molecule has 0 atom stereocenters. The van der Waals surface area contributed by atoms with Crippen molar-refractivity contribution in [3.63, 3.8) is 0 Å². The molecule has 2 aromatic heterocycles. The lowest BCUT2D eigenvalue weighted by Crippen LogP contribution is -2.13. The number of nitrogens with zero attached hydrogens (tertiary/aromatic N) is 4. The molecule has 22 heavy (non-hydrogen) atoms. The van der Waals surface area contributed by atoms with E-state index in [9.17, 15) is 4.79 Å². The average Bonchev–Trinajstić information content (AvgIpc) is 2.97. The van der Waals surface area contributed by atoms with E-state index >= 15 is 0 Å². The van der Waals surface area contributed by atoms with Crippen LogP contribution < -0.4 is 4.90 Å². The quantitative estimate of drug-likeness (QED) is 0.774. The molecule has 2 aromatic rings. The van der Waals surface area contributed by atoms with E-state index in [1.165, 1.54) is 11.3 Å². The predicted molar refractivity (Wildman–Crippen MR) is 87.3 cm³/mol. The largest absolute Gasteiger partial charge is 0.461 e. The highest BCUT2D eigenvalue weighted by Crippen LogP contribution is 2.29. The molecular formula is C14H17ClN4O2S. The maximum atomic E-state index is 11.7. The van der Waals surface area contributed by atoms with Crippen molar-refractivity contribution in [2.24, 2.45) is 0 Å². The smallest absolute Gasteiger partial charge is 0.357 e. The number of halogens is 1. The molecular weight excluding hydrogens is 324 g/mol. The highest BCUT2D eigenvalue weighted by atomic mass is 35.5. The number of hydrogen-bond donors (Lipinski definition) is 0. The van der Waals surface area contributed by atoms with Crippen molar-refractivity contribution in [1.82, 2.24) is 15.2 Å². The van der Waals surface area contributed by atoms with Gasteiger partial charge in [-0.3, -0.25) is 0 Å². The summed E-state index contributed by atoms with van der Waals surface area (Å²) in [6, 6.07) is 1.88. The fourth-order valence-electron chi connectivity index (χ4n) is 1.76. The molecule has 0 radical (unpaired) electrons. The van der Waals surface area contributed by atoms with E-state index in [4.69, 9.17) is 16.3 Å². The van der Waals surface area contributed by atoms with E-state index in [2.05, 4.69) is 15.2 Å². The van der Waals surface area contributed by atoms with Crippen LogP contribution in [-0.2, 0) is 4.74 Å². The molecule has 0 saturated heterocycles. The van der Waals surface area contributed by atoms with Crippen LogP contribution >= 0.6 is 22.9 Å². The van der Waals surface area contributed by atoms with Gasteiger partial charge in [0.1, 0.15) is 0 Å². The van der Waals surface area contributed by atoms with Crippen molar-refractivity contribution in [2.75, 3.05) is 18.6 Å². The Morgan fingerprint density at radius 1 is 1.45 bits per heavy atom. The number of esters is 1. The van der Waals surface area contributed by atoms with Crippen LogP contribution in [0.3, 0.4) is 0 Å². The number of ether oxygens (including phenoxy) is 1. The van der Waals surface area contributed by atoms with Crippen molar-refractivity contribution >= 4 is 39.9 Å². The van der Waals surface area contributed by atoms with E-state index in [0.29, 0.717) is 28.4 Å². The third kappa shape index (κ3) is 3.53. The summed E-state index contributed by atoms with van der Waals surface area (Å²) in [5.41, 5.74) is 1.21. The zero-order chi connectivity index (χ0) is 16.3. The number of aromatic nitrogens is 3. The molecule has 2 heterocycles. The Hall–Kier alpha value is -1.73. The van der Waals surface area contributed by atoms with Gasteiger partial charge in [-0.2, -0.15) is 0 Å². The first-order chi connectivity index (χ1) is 10.4. The number of carbonyl (C=O) groups excluding carboxylic acids is 1. The van der Waals surface area contributed by atoms with Crippen molar-refractivity contribution in [2.45, 2.75) is 26.7 Å². The zero-order valence-corrected chi connectivity index (χ0v) is 14.4. The van der Waals surface area contributed by atoms with E-state index in [-0.39, 0.29) is 5.92 Å². The monoisotopic (exact) mass is 340 g/mol. The fraction of sp³-hybridized carbons (Fsp3) is 0.429. The van der Waals surface area contributed by atoms with Crippen LogP contribution in [0.5, 0.6) is 0 Å². The standard InChI is InChI=1S/C14H17ClN4O2S/c1-5-21-13(20)10-7-22-14(16-10)19(4)11-6-9(8(2)3)12(15)18-17-11/h6-8H,5H2,1-4H3. The van der Waals surface area contributed by atoms with E-state index in [0.717, 1.165) is 5.56 Å². The number of rotatable bonds is 5. The second-order valence-electron chi connectivity index (χ2n) is 4.90. The van der Waals surface area contributed by atoms with Gasteiger partial charge in [-0.25, -0.2) is 9.78 Å². The van der Waals surface area contributed by atoms with E-state index in [1.807, 2.05) is 27.0 Å². The van der Waals surface area contributed by atoms with Gasteiger partial charge in [0.15, 0.2) is 21.8 Å². The molecule has 0 aliphatic carbocycles. The first-order valence-corrected chi connectivity index (χ1v) is 8.09. The molecule has 0 spiro atoms. The Kier molecular flexibility index (Phi) is 5.31. The summed E-state index contributed by atoms with van der Waals surface area (Å²) < 4.78 is 4.93. The van der Waals surface area contributed by atoms with Crippen LogP contribution in [0, 0.1) is 0 Å². The summed E-state index contributed by atoms with van der Waals surface area (Å²) in [5, 5.41) is 10.8. The molecule has 0 amide bonds. The molecule has 0 aromatic carbocycles. The normalized spacial score (nSPS) is 10.8. The van der Waals surface area contributed by atoms with E-state index in [1.54, 1.807) is 17.2 Å². The van der Waals surface area contributed by atoms with E-state index < -0.39 is 5.97 Å². The lowest BCUT2D eigenvalue weighted by molar-refractivity contribution is 0.0520. The maximum absolute atomic E-state index is 11.7. The molecule has 0 aliphatic rings. The minimum absolute atomic E-state index is 0.238. The van der Waals surface area contributed by atoms with Crippen LogP contribution in [0.15, 0.2) is 11.4 Å². The average molecular weight is 341 g/mol. The van der Waals surface area contributed by atoms with Crippen molar-refractivity contribution in [3.05, 3.63) is 27.9 Å². The lowest BCUT2D eigenvalue weighted by Gasteiger charge is -2.16.